The van der Waals surface area contributed by atoms with Gasteiger partial charge in [0.1, 0.15) is 11.4 Å². The monoisotopic (exact) mass is 347 g/mol. The Labute approximate surface area is 145 Å². The summed E-state index contributed by atoms with van der Waals surface area (Å²) in [7, 11) is 2.05. The molecule has 2 aliphatic rings. The number of hydrogen-bond donors (Lipinski definition) is 1. The van der Waals surface area contributed by atoms with E-state index in [1.807, 2.05) is 25.2 Å². The summed E-state index contributed by atoms with van der Waals surface area (Å²) in [6.07, 6.45) is -2.27. The van der Waals surface area contributed by atoms with Crippen molar-refractivity contribution < 1.29 is 13.2 Å². The van der Waals surface area contributed by atoms with Gasteiger partial charge in [0.05, 0.1) is 24.6 Å². The number of hydrogen-bond acceptors (Lipinski definition) is 1. The van der Waals surface area contributed by atoms with Crippen LogP contribution in [0.5, 0.6) is 0 Å². The van der Waals surface area contributed by atoms with Crippen molar-refractivity contribution >= 4 is 11.4 Å². The lowest BCUT2D eigenvalue weighted by Gasteiger charge is -2.36. The molecule has 25 heavy (non-hydrogen) atoms. The molecule has 0 radical (unpaired) electrons. The van der Waals surface area contributed by atoms with E-state index >= 15 is 0 Å². The van der Waals surface area contributed by atoms with Gasteiger partial charge in [0.25, 0.3) is 0 Å². The second kappa shape index (κ2) is 5.58. The van der Waals surface area contributed by atoms with Gasteiger partial charge in [-0.3, -0.25) is 4.48 Å². The van der Waals surface area contributed by atoms with Gasteiger partial charge >= 0.3 is 6.18 Å². The summed E-state index contributed by atoms with van der Waals surface area (Å²) in [5, 5.41) is 3.41. The van der Waals surface area contributed by atoms with Crippen LogP contribution in [0.3, 0.4) is 0 Å². The molecule has 2 nitrogen and oxygen atoms in total. The number of fused-ring (bicyclic) bond motifs is 2. The summed E-state index contributed by atoms with van der Waals surface area (Å²) < 4.78 is 40.1. The summed E-state index contributed by atoms with van der Waals surface area (Å²) in [5.41, 5.74) is 2.61. The number of rotatable bonds is 1. The highest BCUT2D eigenvalue weighted by molar-refractivity contribution is 5.68. The van der Waals surface area contributed by atoms with Crippen molar-refractivity contribution in [3.8, 4) is 0 Å². The Morgan fingerprint density at radius 1 is 1.00 bits per heavy atom. The Kier molecular flexibility index (Phi) is 3.71. The second-order valence-electron chi connectivity index (χ2n) is 7.45. The van der Waals surface area contributed by atoms with E-state index in [0.29, 0.717) is 10.2 Å². The first-order chi connectivity index (χ1) is 11.9. The van der Waals surface area contributed by atoms with Gasteiger partial charge in [-0.25, -0.2) is 0 Å². The average Bonchev–Trinajstić information content (AvgIpc) is 2.85. The van der Waals surface area contributed by atoms with Crippen LogP contribution in [-0.4, -0.2) is 26.7 Å². The van der Waals surface area contributed by atoms with Crippen molar-refractivity contribution in [2.75, 3.05) is 26.7 Å². The van der Waals surface area contributed by atoms with Crippen molar-refractivity contribution in [1.29, 1.82) is 0 Å². The van der Waals surface area contributed by atoms with Crippen LogP contribution in [0, 0.1) is 0 Å². The molecule has 0 saturated carbocycles. The molecule has 1 spiro atoms. The van der Waals surface area contributed by atoms with Gasteiger partial charge < -0.3 is 5.32 Å². The fourth-order valence-electron chi connectivity index (χ4n) is 4.68. The lowest BCUT2D eigenvalue weighted by atomic mass is 9.75. The van der Waals surface area contributed by atoms with Crippen molar-refractivity contribution in [3.05, 3.63) is 59.7 Å². The number of alkyl halides is 3. The molecule has 1 saturated heterocycles. The molecule has 1 atom stereocenters. The molecule has 132 valence electrons. The summed E-state index contributed by atoms with van der Waals surface area (Å²) >= 11 is 0. The molecule has 2 aromatic rings. The number of benzene rings is 2. The third-order valence-electron chi connectivity index (χ3n) is 5.93. The number of para-hydroxylation sites is 1. The molecule has 2 aromatic carbocycles. The van der Waals surface area contributed by atoms with Gasteiger partial charge in [-0.1, -0.05) is 24.3 Å². The van der Waals surface area contributed by atoms with Crippen molar-refractivity contribution in [2.45, 2.75) is 24.4 Å². The number of nitrogens with one attached hydrogen (secondary N) is 1. The predicted octanol–water partition coefficient (Wildman–Crippen LogP) is 4.61. The van der Waals surface area contributed by atoms with E-state index in [-0.39, 0.29) is 5.41 Å². The van der Waals surface area contributed by atoms with Crippen LogP contribution < -0.4 is 9.80 Å². The van der Waals surface area contributed by atoms with Crippen LogP contribution in [0.4, 0.5) is 24.5 Å². The molecule has 5 heteroatoms. The Morgan fingerprint density at radius 3 is 2.44 bits per heavy atom. The van der Waals surface area contributed by atoms with E-state index in [9.17, 15) is 13.2 Å². The van der Waals surface area contributed by atoms with Crippen LogP contribution in [0.2, 0.25) is 0 Å². The van der Waals surface area contributed by atoms with E-state index in [0.717, 1.165) is 44.2 Å². The minimum absolute atomic E-state index is 0.0465. The Balaban J connectivity index is 1.85. The maximum absolute atomic E-state index is 13.2. The summed E-state index contributed by atoms with van der Waals surface area (Å²) in [6.45, 7) is 2.73. The lowest BCUT2D eigenvalue weighted by Crippen LogP contribution is -2.48. The molecular weight excluding hydrogens is 325 g/mol. The van der Waals surface area contributed by atoms with Crippen molar-refractivity contribution in [3.63, 3.8) is 0 Å². The van der Waals surface area contributed by atoms with Gasteiger partial charge in [0.2, 0.25) is 0 Å². The zero-order valence-corrected chi connectivity index (χ0v) is 14.2. The van der Waals surface area contributed by atoms with E-state index in [1.165, 1.54) is 17.7 Å². The normalized spacial score (nSPS) is 25.1. The SMILES string of the molecule is C[N+]1(c2cccc(C(F)(F)F)c2)CC2(CCNCC2)c2ccccc21. The first kappa shape index (κ1) is 16.6. The molecule has 0 amide bonds. The van der Waals surface area contributed by atoms with Gasteiger partial charge in [0.15, 0.2) is 0 Å². The van der Waals surface area contributed by atoms with E-state index in [4.69, 9.17) is 0 Å². The molecule has 4 rings (SSSR count). The first-order valence-electron chi connectivity index (χ1n) is 8.69. The van der Waals surface area contributed by atoms with Crippen molar-refractivity contribution in [1.82, 2.24) is 9.80 Å². The van der Waals surface area contributed by atoms with Crippen LogP contribution in [0.15, 0.2) is 48.5 Å². The van der Waals surface area contributed by atoms with Crippen LogP contribution in [-0.2, 0) is 11.6 Å². The number of halogens is 3. The van der Waals surface area contributed by atoms with Gasteiger partial charge in [0, 0.05) is 11.6 Å². The second-order valence-corrected chi connectivity index (χ2v) is 7.45. The third-order valence-corrected chi connectivity index (χ3v) is 5.93. The minimum atomic E-state index is -4.32. The highest BCUT2D eigenvalue weighted by Gasteiger charge is 2.52. The maximum Gasteiger partial charge on any atom is 0.416 e. The van der Waals surface area contributed by atoms with Gasteiger partial charge in [-0.05, 0) is 44.1 Å². The molecular formula is C20H22F3N2+. The third kappa shape index (κ3) is 2.57. The maximum atomic E-state index is 13.2. The van der Waals surface area contributed by atoms with Gasteiger partial charge in [-0.2, -0.15) is 13.2 Å². The fraction of sp³-hybridized carbons (Fsp3) is 0.400. The highest BCUT2D eigenvalue weighted by Crippen LogP contribution is 2.52. The van der Waals surface area contributed by atoms with Crippen LogP contribution >= 0.6 is 0 Å². The number of piperidine rings is 1. The quantitative estimate of drug-likeness (QED) is 0.743. The smallest absolute Gasteiger partial charge is 0.317 e. The molecule has 0 aliphatic carbocycles. The fourth-order valence-corrected chi connectivity index (χ4v) is 4.68. The summed E-state index contributed by atoms with van der Waals surface area (Å²) in [4.78, 5) is 0. The molecule has 0 bridgehead atoms. The van der Waals surface area contributed by atoms with Crippen LogP contribution in [0.1, 0.15) is 24.0 Å². The Bertz CT molecular complexity index is 794. The zero-order chi connectivity index (χ0) is 17.7. The highest BCUT2D eigenvalue weighted by atomic mass is 19.4. The van der Waals surface area contributed by atoms with Crippen molar-refractivity contribution in [2.24, 2.45) is 0 Å². The number of quaternary nitrogens is 1. The Morgan fingerprint density at radius 2 is 1.72 bits per heavy atom. The Hall–Kier alpha value is -1.85. The standard InChI is InChI=1S/C20H22F3N2/c1-25(16-6-4-5-15(13-16)20(21,22)23)14-19(9-11-24-12-10-19)17-7-2-3-8-18(17)25/h2-8,13,24H,9-12,14H2,1H3/q+1. The van der Waals surface area contributed by atoms with Crippen LogP contribution in [0.25, 0.3) is 0 Å². The van der Waals surface area contributed by atoms with Gasteiger partial charge in [-0.15, -0.1) is 0 Å². The topological polar surface area (TPSA) is 12.0 Å². The minimum Gasteiger partial charge on any atom is -0.317 e. The molecule has 2 aliphatic heterocycles. The summed E-state index contributed by atoms with van der Waals surface area (Å²) in [5.74, 6) is 0. The largest absolute Gasteiger partial charge is 0.416 e. The lowest BCUT2D eigenvalue weighted by molar-refractivity contribution is -0.137. The number of likely N-dealkylation sites (N-methyl/N-ethyl adjacent to an activating group) is 1. The molecule has 1 unspecified atom stereocenters. The first-order valence-corrected chi connectivity index (χ1v) is 8.69. The van der Waals surface area contributed by atoms with E-state index in [2.05, 4.69) is 17.4 Å². The molecule has 0 aromatic heterocycles. The number of nitrogens with zero attached hydrogens (tertiary/aromatic N) is 1. The molecule has 2 heterocycles. The zero-order valence-electron chi connectivity index (χ0n) is 14.2. The molecule has 1 fully saturated rings. The van der Waals surface area contributed by atoms with E-state index in [1.54, 1.807) is 0 Å². The predicted molar refractivity (Wildman–Crippen MR) is 93.9 cm³/mol. The summed E-state index contributed by atoms with van der Waals surface area (Å²) in [6, 6.07) is 14.1. The van der Waals surface area contributed by atoms with E-state index < -0.39 is 11.7 Å². The average molecular weight is 347 g/mol. The molecule has 1 N–H and O–H groups in total.